The van der Waals surface area contributed by atoms with E-state index in [9.17, 15) is 4.79 Å². The molecule has 2 heteroatoms. The first-order valence-electron chi connectivity index (χ1n) is 6.73. The Balaban J connectivity index is 2.50. The molecule has 94 valence electrons. The molecule has 0 N–H and O–H groups in total. The highest BCUT2D eigenvalue weighted by atomic mass is 16.1. The van der Waals surface area contributed by atoms with Crippen LogP contribution in [-0.2, 0) is 4.79 Å². The van der Waals surface area contributed by atoms with Gasteiger partial charge in [0.15, 0.2) is 5.78 Å². The average Bonchev–Trinajstić information content (AvgIpc) is 2.27. The Bertz CT molecular complexity index is 227. The largest absolute Gasteiger partial charge is 0.298 e. The van der Waals surface area contributed by atoms with Crippen LogP contribution in [0.15, 0.2) is 0 Å². The number of carbonyl (C=O) groups is 1. The van der Waals surface area contributed by atoms with Gasteiger partial charge in [-0.05, 0) is 52.1 Å². The van der Waals surface area contributed by atoms with Crippen LogP contribution in [0.3, 0.4) is 0 Å². The standard InChI is InChI=1S/C14H27NO/c1-12(2)8-9-13(16)14(3,4)15-10-6-5-7-11-15/h12H,5-11H2,1-4H3. The van der Waals surface area contributed by atoms with Gasteiger partial charge in [-0.3, -0.25) is 9.69 Å². The minimum Gasteiger partial charge on any atom is -0.298 e. The van der Waals surface area contributed by atoms with E-state index in [0.29, 0.717) is 11.7 Å². The highest BCUT2D eigenvalue weighted by Crippen LogP contribution is 2.23. The van der Waals surface area contributed by atoms with Crippen LogP contribution in [0.1, 0.15) is 59.8 Å². The number of likely N-dealkylation sites (tertiary alicyclic amines) is 1. The Labute approximate surface area is 100 Å². The molecule has 1 fully saturated rings. The summed E-state index contributed by atoms with van der Waals surface area (Å²) in [5, 5.41) is 0. The van der Waals surface area contributed by atoms with E-state index in [2.05, 4.69) is 32.6 Å². The second kappa shape index (κ2) is 5.81. The Hall–Kier alpha value is -0.370. The second-order valence-electron chi connectivity index (χ2n) is 5.96. The zero-order chi connectivity index (χ0) is 12.2. The van der Waals surface area contributed by atoms with E-state index in [0.717, 1.165) is 25.9 Å². The van der Waals surface area contributed by atoms with Crippen molar-refractivity contribution in [2.45, 2.75) is 65.3 Å². The fourth-order valence-electron chi connectivity index (χ4n) is 2.35. The number of Topliss-reactive ketones (excluding diaryl/α,β-unsaturated/α-hetero) is 1. The third kappa shape index (κ3) is 3.58. The van der Waals surface area contributed by atoms with E-state index in [4.69, 9.17) is 0 Å². The van der Waals surface area contributed by atoms with Crippen molar-refractivity contribution >= 4 is 5.78 Å². The smallest absolute Gasteiger partial charge is 0.152 e. The monoisotopic (exact) mass is 225 g/mol. The van der Waals surface area contributed by atoms with Gasteiger partial charge >= 0.3 is 0 Å². The first-order valence-corrected chi connectivity index (χ1v) is 6.73. The number of hydrogen-bond donors (Lipinski definition) is 0. The third-order valence-corrected chi connectivity index (χ3v) is 3.78. The molecule has 0 radical (unpaired) electrons. The molecular formula is C14H27NO. The molecule has 0 spiro atoms. The van der Waals surface area contributed by atoms with E-state index in [1.54, 1.807) is 0 Å². The first kappa shape index (κ1) is 13.7. The molecule has 1 aliphatic rings. The van der Waals surface area contributed by atoms with Gasteiger partial charge in [-0.2, -0.15) is 0 Å². The van der Waals surface area contributed by atoms with Crippen molar-refractivity contribution in [3.8, 4) is 0 Å². The summed E-state index contributed by atoms with van der Waals surface area (Å²) in [4.78, 5) is 14.6. The number of hydrogen-bond acceptors (Lipinski definition) is 2. The second-order valence-corrected chi connectivity index (χ2v) is 5.96. The summed E-state index contributed by atoms with van der Waals surface area (Å²) in [6.07, 6.45) is 5.59. The quantitative estimate of drug-likeness (QED) is 0.716. The van der Waals surface area contributed by atoms with Crippen LogP contribution in [0.5, 0.6) is 0 Å². The number of carbonyl (C=O) groups excluding carboxylic acids is 1. The highest BCUT2D eigenvalue weighted by molar-refractivity contribution is 5.87. The fourth-order valence-corrected chi connectivity index (χ4v) is 2.35. The molecule has 0 amide bonds. The minimum absolute atomic E-state index is 0.241. The van der Waals surface area contributed by atoms with Crippen molar-refractivity contribution in [3.05, 3.63) is 0 Å². The lowest BCUT2D eigenvalue weighted by atomic mass is 9.89. The molecule has 0 saturated carbocycles. The lowest BCUT2D eigenvalue weighted by Crippen LogP contribution is -2.52. The van der Waals surface area contributed by atoms with Crippen molar-refractivity contribution in [1.29, 1.82) is 0 Å². The molecule has 1 aliphatic heterocycles. The van der Waals surface area contributed by atoms with Crippen LogP contribution in [0, 0.1) is 5.92 Å². The van der Waals surface area contributed by atoms with Gasteiger partial charge in [0.25, 0.3) is 0 Å². The first-order chi connectivity index (χ1) is 7.44. The fraction of sp³-hybridized carbons (Fsp3) is 0.929. The van der Waals surface area contributed by atoms with E-state index >= 15 is 0 Å². The van der Waals surface area contributed by atoms with Crippen LogP contribution < -0.4 is 0 Å². The number of nitrogens with zero attached hydrogens (tertiary/aromatic N) is 1. The molecule has 0 aliphatic carbocycles. The predicted octanol–water partition coefficient (Wildman–Crippen LogP) is 3.26. The lowest BCUT2D eigenvalue weighted by molar-refractivity contribution is -0.130. The highest BCUT2D eigenvalue weighted by Gasteiger charge is 2.34. The molecule has 1 heterocycles. The van der Waals surface area contributed by atoms with Crippen LogP contribution in [0.4, 0.5) is 0 Å². The van der Waals surface area contributed by atoms with E-state index in [1.807, 2.05) is 0 Å². The van der Waals surface area contributed by atoms with Crippen molar-refractivity contribution in [3.63, 3.8) is 0 Å². The number of ketones is 1. The maximum Gasteiger partial charge on any atom is 0.152 e. The van der Waals surface area contributed by atoms with Gasteiger partial charge in [0, 0.05) is 6.42 Å². The third-order valence-electron chi connectivity index (χ3n) is 3.78. The van der Waals surface area contributed by atoms with E-state index in [-0.39, 0.29) is 5.54 Å². The molecule has 16 heavy (non-hydrogen) atoms. The molecule has 0 aromatic heterocycles. The van der Waals surface area contributed by atoms with Gasteiger partial charge in [-0.25, -0.2) is 0 Å². The molecule has 0 aromatic rings. The minimum atomic E-state index is -0.241. The van der Waals surface area contributed by atoms with Crippen LogP contribution in [0.25, 0.3) is 0 Å². The summed E-state index contributed by atoms with van der Waals surface area (Å²) in [5.41, 5.74) is -0.241. The topological polar surface area (TPSA) is 20.3 Å². The van der Waals surface area contributed by atoms with Crippen molar-refractivity contribution in [1.82, 2.24) is 4.90 Å². The van der Waals surface area contributed by atoms with Crippen LogP contribution in [0.2, 0.25) is 0 Å². The maximum absolute atomic E-state index is 12.2. The molecule has 0 unspecified atom stereocenters. The molecular weight excluding hydrogens is 198 g/mol. The summed E-state index contributed by atoms with van der Waals surface area (Å²) in [7, 11) is 0. The van der Waals surface area contributed by atoms with Gasteiger partial charge in [0.1, 0.15) is 0 Å². The van der Waals surface area contributed by atoms with E-state index < -0.39 is 0 Å². The average molecular weight is 225 g/mol. The van der Waals surface area contributed by atoms with Crippen molar-refractivity contribution < 1.29 is 4.79 Å². The molecule has 2 nitrogen and oxygen atoms in total. The summed E-state index contributed by atoms with van der Waals surface area (Å²) >= 11 is 0. The summed E-state index contributed by atoms with van der Waals surface area (Å²) in [6.45, 7) is 10.8. The Morgan fingerprint density at radius 3 is 2.25 bits per heavy atom. The molecule has 1 rings (SSSR count). The summed E-state index contributed by atoms with van der Waals surface area (Å²) in [6, 6.07) is 0. The van der Waals surface area contributed by atoms with Gasteiger partial charge in [0.2, 0.25) is 0 Å². The lowest BCUT2D eigenvalue weighted by Gasteiger charge is -2.40. The number of rotatable bonds is 5. The van der Waals surface area contributed by atoms with Gasteiger partial charge in [-0.1, -0.05) is 20.3 Å². The van der Waals surface area contributed by atoms with Crippen molar-refractivity contribution in [2.75, 3.05) is 13.1 Å². The van der Waals surface area contributed by atoms with Gasteiger partial charge in [-0.15, -0.1) is 0 Å². The summed E-state index contributed by atoms with van der Waals surface area (Å²) < 4.78 is 0. The zero-order valence-corrected chi connectivity index (χ0v) is 11.4. The normalized spacial score (nSPS) is 19.1. The predicted molar refractivity (Wildman–Crippen MR) is 68.6 cm³/mol. The Morgan fingerprint density at radius 2 is 1.75 bits per heavy atom. The summed E-state index contributed by atoms with van der Waals surface area (Å²) in [5.74, 6) is 1.05. The maximum atomic E-state index is 12.2. The Morgan fingerprint density at radius 1 is 1.19 bits per heavy atom. The zero-order valence-electron chi connectivity index (χ0n) is 11.4. The number of piperidine rings is 1. The van der Waals surface area contributed by atoms with E-state index in [1.165, 1.54) is 19.3 Å². The SMILES string of the molecule is CC(C)CCC(=O)C(C)(C)N1CCCCC1. The molecule has 1 saturated heterocycles. The molecule has 0 bridgehead atoms. The Kier molecular flexibility index (Phi) is 4.97. The van der Waals surface area contributed by atoms with Gasteiger partial charge < -0.3 is 0 Å². The van der Waals surface area contributed by atoms with Crippen molar-refractivity contribution in [2.24, 2.45) is 5.92 Å². The molecule has 0 aromatic carbocycles. The van der Waals surface area contributed by atoms with Gasteiger partial charge in [0.05, 0.1) is 5.54 Å². The molecule has 0 atom stereocenters. The van der Waals surface area contributed by atoms with Crippen LogP contribution >= 0.6 is 0 Å². The van der Waals surface area contributed by atoms with Crippen LogP contribution in [-0.4, -0.2) is 29.3 Å².